The van der Waals surface area contributed by atoms with E-state index in [-0.39, 0.29) is 25.4 Å². The number of benzene rings is 2. The predicted molar refractivity (Wildman–Crippen MR) is 165 cm³/mol. The zero-order valence-electron chi connectivity index (χ0n) is 24.4. The lowest BCUT2D eigenvalue weighted by Gasteiger charge is -2.28. The Labute approximate surface area is 258 Å². The second-order valence-corrected chi connectivity index (χ2v) is 11.1. The van der Waals surface area contributed by atoms with Gasteiger partial charge in [-0.1, -0.05) is 68.8 Å². The van der Waals surface area contributed by atoms with Crippen molar-refractivity contribution in [2.24, 2.45) is 5.92 Å². The standard InChI is InChI=1S/C31H36N6O6S/c1-3-19(2)27(30(40)34-26(29(39)37-42)14-22-17-44-18-33-22)36-28(38)25(13-21-15-32-24-12-8-7-11-23(21)24)35-31(41)43-16-20-9-5-4-6-10-20/h4-12,15,17-19,25-27,32,42H,3,13-14,16H2,1-2H3,(H,34,40)(H,35,41)(H,36,38)(H,37,39)/t19-,25?,26+,27+/m1/s1. The number of carbonyl (C=O) groups is 4. The highest BCUT2D eigenvalue weighted by molar-refractivity contribution is 7.07. The first-order valence-corrected chi connectivity index (χ1v) is 15.2. The molecule has 0 spiro atoms. The van der Waals surface area contributed by atoms with E-state index in [1.54, 1.807) is 29.5 Å². The van der Waals surface area contributed by atoms with E-state index in [9.17, 15) is 24.4 Å². The molecule has 4 aromatic rings. The minimum absolute atomic E-state index is 0.0132. The van der Waals surface area contributed by atoms with Crippen molar-refractivity contribution in [2.75, 3.05) is 0 Å². The maximum Gasteiger partial charge on any atom is 0.408 e. The molecule has 0 bridgehead atoms. The molecule has 232 valence electrons. The summed E-state index contributed by atoms with van der Waals surface area (Å²) in [5.41, 5.74) is 6.18. The summed E-state index contributed by atoms with van der Waals surface area (Å²) < 4.78 is 5.39. The second kappa shape index (κ2) is 15.6. The summed E-state index contributed by atoms with van der Waals surface area (Å²) in [7, 11) is 0. The maximum absolute atomic E-state index is 13.8. The molecule has 4 atom stereocenters. The average molecular weight is 621 g/mol. The monoisotopic (exact) mass is 620 g/mol. The van der Waals surface area contributed by atoms with Gasteiger partial charge in [0.2, 0.25) is 11.8 Å². The van der Waals surface area contributed by atoms with Crippen LogP contribution in [-0.4, -0.2) is 57.1 Å². The SMILES string of the molecule is CC[C@@H](C)[C@H](NC(=O)C(Cc1c[nH]c2ccccc12)NC(=O)OCc1ccccc1)C(=O)N[C@@H](Cc1cscn1)C(=O)NO. The molecule has 44 heavy (non-hydrogen) atoms. The van der Waals surface area contributed by atoms with Crippen molar-refractivity contribution in [3.8, 4) is 0 Å². The Kier molecular flexibility index (Phi) is 11.4. The number of hydrogen-bond acceptors (Lipinski definition) is 8. The van der Waals surface area contributed by atoms with Gasteiger partial charge >= 0.3 is 6.09 Å². The maximum atomic E-state index is 13.8. The molecule has 2 aromatic carbocycles. The van der Waals surface area contributed by atoms with Crippen molar-refractivity contribution in [3.63, 3.8) is 0 Å². The predicted octanol–water partition coefficient (Wildman–Crippen LogP) is 3.23. The molecule has 0 aliphatic rings. The average Bonchev–Trinajstić information content (AvgIpc) is 3.71. The van der Waals surface area contributed by atoms with Crippen LogP contribution in [0.4, 0.5) is 4.79 Å². The van der Waals surface area contributed by atoms with E-state index in [0.29, 0.717) is 12.1 Å². The largest absolute Gasteiger partial charge is 0.445 e. The van der Waals surface area contributed by atoms with Crippen LogP contribution in [0, 0.1) is 5.92 Å². The number of H-pyrrole nitrogens is 1. The second-order valence-electron chi connectivity index (χ2n) is 10.4. The zero-order valence-corrected chi connectivity index (χ0v) is 25.2. The van der Waals surface area contributed by atoms with Gasteiger partial charge in [-0.2, -0.15) is 0 Å². The number of aromatic nitrogens is 2. The minimum Gasteiger partial charge on any atom is -0.445 e. The number of rotatable bonds is 14. The van der Waals surface area contributed by atoms with E-state index in [4.69, 9.17) is 4.74 Å². The van der Waals surface area contributed by atoms with Gasteiger partial charge in [0.25, 0.3) is 5.91 Å². The highest BCUT2D eigenvalue weighted by Crippen LogP contribution is 2.20. The lowest BCUT2D eigenvalue weighted by molar-refractivity contribution is -0.136. The third kappa shape index (κ3) is 8.64. The summed E-state index contributed by atoms with van der Waals surface area (Å²) in [5.74, 6) is -2.38. The van der Waals surface area contributed by atoms with Crippen LogP contribution in [0.15, 0.2) is 71.7 Å². The number of para-hydroxylation sites is 1. The smallest absolute Gasteiger partial charge is 0.408 e. The number of hydrogen-bond donors (Lipinski definition) is 6. The molecule has 0 fully saturated rings. The number of thiazole rings is 1. The zero-order chi connectivity index (χ0) is 31.5. The lowest BCUT2D eigenvalue weighted by Crippen LogP contribution is -2.59. The van der Waals surface area contributed by atoms with Crippen molar-refractivity contribution in [1.82, 2.24) is 31.4 Å². The molecule has 0 saturated carbocycles. The molecule has 4 rings (SSSR count). The first kappa shape index (κ1) is 32.2. The van der Waals surface area contributed by atoms with Gasteiger partial charge in [-0.25, -0.2) is 15.3 Å². The van der Waals surface area contributed by atoms with Crippen LogP contribution in [0.5, 0.6) is 0 Å². The molecule has 1 unspecified atom stereocenters. The van der Waals surface area contributed by atoms with Crippen molar-refractivity contribution >= 4 is 46.1 Å². The molecule has 13 heteroatoms. The normalized spacial score (nSPS) is 13.7. The number of alkyl carbamates (subject to hydrolysis) is 1. The molecular weight excluding hydrogens is 584 g/mol. The number of nitrogens with one attached hydrogen (secondary N) is 5. The summed E-state index contributed by atoms with van der Waals surface area (Å²) in [5, 5.41) is 20.0. The van der Waals surface area contributed by atoms with Crippen LogP contribution in [0.1, 0.15) is 37.1 Å². The van der Waals surface area contributed by atoms with Crippen LogP contribution >= 0.6 is 11.3 Å². The van der Waals surface area contributed by atoms with Gasteiger partial charge in [0.15, 0.2) is 0 Å². The molecule has 2 aromatic heterocycles. The molecule has 6 N–H and O–H groups in total. The van der Waals surface area contributed by atoms with E-state index < -0.39 is 41.9 Å². The molecule has 0 radical (unpaired) electrons. The number of aromatic amines is 1. The van der Waals surface area contributed by atoms with E-state index in [2.05, 4.69) is 25.9 Å². The number of nitrogens with zero attached hydrogens (tertiary/aromatic N) is 1. The Morgan fingerprint density at radius 1 is 0.932 bits per heavy atom. The number of hydroxylamine groups is 1. The molecular formula is C31H36N6O6S. The van der Waals surface area contributed by atoms with Gasteiger partial charge < -0.3 is 25.7 Å². The quantitative estimate of drug-likeness (QED) is 0.0927. The van der Waals surface area contributed by atoms with Gasteiger partial charge in [-0.3, -0.25) is 19.6 Å². The molecule has 2 heterocycles. The fraction of sp³-hybridized carbons (Fsp3) is 0.323. The van der Waals surface area contributed by atoms with Gasteiger partial charge in [-0.15, -0.1) is 11.3 Å². The first-order chi connectivity index (χ1) is 21.3. The minimum atomic E-state index is -1.13. The molecule has 4 amide bonds. The summed E-state index contributed by atoms with van der Waals surface area (Å²) in [6.45, 7) is 3.68. The Hall–Kier alpha value is -4.75. The van der Waals surface area contributed by atoms with E-state index in [0.717, 1.165) is 22.0 Å². The third-order valence-corrected chi connectivity index (χ3v) is 7.99. The Morgan fingerprint density at radius 3 is 2.36 bits per heavy atom. The van der Waals surface area contributed by atoms with Crippen LogP contribution in [0.25, 0.3) is 10.9 Å². The number of fused-ring (bicyclic) bond motifs is 1. The number of amides is 4. The van der Waals surface area contributed by atoms with E-state index in [1.807, 2.05) is 61.5 Å². The molecule has 0 saturated heterocycles. The van der Waals surface area contributed by atoms with Gasteiger partial charge in [-0.05, 0) is 23.1 Å². The lowest BCUT2D eigenvalue weighted by atomic mass is 9.96. The highest BCUT2D eigenvalue weighted by atomic mass is 32.1. The van der Waals surface area contributed by atoms with Gasteiger partial charge in [0, 0.05) is 35.3 Å². The van der Waals surface area contributed by atoms with Crippen LogP contribution in [-0.2, 0) is 38.6 Å². The number of carbonyl (C=O) groups excluding carboxylic acids is 4. The third-order valence-electron chi connectivity index (χ3n) is 7.35. The molecule has 0 aliphatic carbocycles. The van der Waals surface area contributed by atoms with E-state index in [1.165, 1.54) is 11.3 Å². The van der Waals surface area contributed by atoms with Gasteiger partial charge in [0.05, 0.1) is 11.2 Å². The van der Waals surface area contributed by atoms with Gasteiger partial charge in [0.1, 0.15) is 24.7 Å². The molecule has 0 aliphatic heterocycles. The number of ether oxygens (including phenoxy) is 1. The van der Waals surface area contributed by atoms with Crippen molar-refractivity contribution in [1.29, 1.82) is 0 Å². The first-order valence-electron chi connectivity index (χ1n) is 14.2. The van der Waals surface area contributed by atoms with Crippen LogP contribution in [0.2, 0.25) is 0 Å². The van der Waals surface area contributed by atoms with Crippen LogP contribution in [0.3, 0.4) is 0 Å². The Bertz CT molecular complexity index is 1540. The summed E-state index contributed by atoms with van der Waals surface area (Å²) in [6.07, 6.45) is 1.67. The van der Waals surface area contributed by atoms with Crippen molar-refractivity contribution in [3.05, 3.63) is 88.5 Å². The van der Waals surface area contributed by atoms with Crippen molar-refractivity contribution in [2.45, 2.75) is 57.8 Å². The fourth-order valence-electron chi connectivity index (χ4n) is 4.69. The summed E-state index contributed by atoms with van der Waals surface area (Å²) >= 11 is 1.33. The summed E-state index contributed by atoms with van der Waals surface area (Å²) in [6, 6.07) is 13.5. The topological polar surface area (TPSA) is 175 Å². The molecule has 12 nitrogen and oxygen atoms in total. The fourth-order valence-corrected chi connectivity index (χ4v) is 5.26. The van der Waals surface area contributed by atoms with Crippen molar-refractivity contribution < 1.29 is 29.1 Å². The van der Waals surface area contributed by atoms with Crippen LogP contribution < -0.4 is 21.4 Å². The summed E-state index contributed by atoms with van der Waals surface area (Å²) in [4.78, 5) is 59.9. The Balaban J connectivity index is 1.52. The Morgan fingerprint density at radius 2 is 1.66 bits per heavy atom. The highest BCUT2D eigenvalue weighted by Gasteiger charge is 2.33. The van der Waals surface area contributed by atoms with E-state index >= 15 is 0 Å².